The van der Waals surface area contributed by atoms with Gasteiger partial charge in [-0.3, -0.25) is 4.99 Å². The van der Waals surface area contributed by atoms with Crippen LogP contribution in [0.5, 0.6) is 0 Å². The van der Waals surface area contributed by atoms with Gasteiger partial charge >= 0.3 is 0 Å². The normalized spacial score (nSPS) is 11.6. The van der Waals surface area contributed by atoms with E-state index in [1.165, 1.54) is 5.56 Å². The number of benzene rings is 1. The van der Waals surface area contributed by atoms with E-state index in [1.54, 1.807) is 6.26 Å². The topological polar surface area (TPSA) is 76.6 Å². The van der Waals surface area contributed by atoms with Gasteiger partial charge in [0.05, 0.1) is 17.6 Å². The lowest BCUT2D eigenvalue weighted by atomic mass is 10.1. The molecule has 2 heterocycles. The van der Waals surface area contributed by atoms with E-state index in [9.17, 15) is 0 Å². The number of aryl methyl sites for hydroxylation is 2. The first-order valence-electron chi connectivity index (χ1n) is 11.0. The van der Waals surface area contributed by atoms with E-state index in [-0.39, 0.29) is 0 Å². The molecule has 0 atom stereocenters. The summed E-state index contributed by atoms with van der Waals surface area (Å²) in [5, 5.41) is 11.3. The molecule has 0 bridgehead atoms. The minimum absolute atomic E-state index is 0.515. The summed E-state index contributed by atoms with van der Waals surface area (Å²) in [5.41, 5.74) is 3.43. The van der Waals surface area contributed by atoms with Gasteiger partial charge in [0.15, 0.2) is 5.96 Å². The van der Waals surface area contributed by atoms with Gasteiger partial charge in [-0.2, -0.15) is 5.10 Å². The number of rotatable bonds is 12. The predicted molar refractivity (Wildman–Crippen MR) is 124 cm³/mol. The fourth-order valence-electron chi connectivity index (χ4n) is 3.20. The van der Waals surface area contributed by atoms with E-state index < -0.39 is 0 Å². The lowest BCUT2D eigenvalue weighted by Gasteiger charge is -2.11. The van der Waals surface area contributed by atoms with Gasteiger partial charge in [-0.05, 0) is 62.9 Å². The average molecular weight is 424 g/mol. The number of aliphatic imine (C=N–C) groups is 1. The highest BCUT2D eigenvalue weighted by Crippen LogP contribution is 2.13. The first kappa shape index (κ1) is 22.6. The number of furan rings is 1. The number of hydrogen-bond donors (Lipinski definition) is 2. The van der Waals surface area contributed by atoms with E-state index in [0.29, 0.717) is 13.2 Å². The number of aromatic nitrogens is 2. The van der Waals surface area contributed by atoms with Gasteiger partial charge in [0.1, 0.15) is 12.4 Å². The molecule has 7 heteroatoms. The van der Waals surface area contributed by atoms with Crippen LogP contribution in [0.2, 0.25) is 0 Å². The Labute approximate surface area is 184 Å². The van der Waals surface area contributed by atoms with Gasteiger partial charge in [0.2, 0.25) is 0 Å². The van der Waals surface area contributed by atoms with Crippen molar-refractivity contribution in [3.8, 4) is 5.69 Å². The van der Waals surface area contributed by atoms with Gasteiger partial charge < -0.3 is 19.8 Å². The molecule has 0 saturated carbocycles. The summed E-state index contributed by atoms with van der Waals surface area (Å²) in [5.74, 6) is 1.71. The molecule has 2 aromatic heterocycles. The van der Waals surface area contributed by atoms with Crippen molar-refractivity contribution in [1.82, 2.24) is 20.4 Å². The molecule has 0 fully saturated rings. The molecule has 2 N–H and O–H groups in total. The number of guanidine groups is 1. The van der Waals surface area contributed by atoms with Crippen molar-refractivity contribution in [3.63, 3.8) is 0 Å². The molecule has 7 nitrogen and oxygen atoms in total. The molecule has 3 aromatic rings. The Balaban J connectivity index is 1.37. The molecule has 0 amide bonds. The van der Waals surface area contributed by atoms with Crippen LogP contribution in [0.25, 0.3) is 5.69 Å². The maximum absolute atomic E-state index is 5.61. The van der Waals surface area contributed by atoms with Crippen molar-refractivity contribution in [2.45, 2.75) is 39.7 Å². The van der Waals surface area contributed by atoms with Crippen LogP contribution < -0.4 is 10.6 Å². The summed E-state index contributed by atoms with van der Waals surface area (Å²) in [6, 6.07) is 14.0. The third kappa shape index (κ3) is 7.61. The second-order valence-corrected chi connectivity index (χ2v) is 7.30. The van der Waals surface area contributed by atoms with Gasteiger partial charge in [-0.1, -0.05) is 18.2 Å². The molecule has 0 unspecified atom stereocenters. The fraction of sp³-hybridized carbons (Fsp3) is 0.417. The zero-order valence-corrected chi connectivity index (χ0v) is 18.5. The summed E-state index contributed by atoms with van der Waals surface area (Å²) in [4.78, 5) is 4.69. The minimum atomic E-state index is 0.515. The van der Waals surface area contributed by atoms with E-state index in [4.69, 9.17) is 14.1 Å². The summed E-state index contributed by atoms with van der Waals surface area (Å²) >= 11 is 0. The van der Waals surface area contributed by atoms with Crippen LogP contribution in [0.3, 0.4) is 0 Å². The Morgan fingerprint density at radius 1 is 1.13 bits per heavy atom. The van der Waals surface area contributed by atoms with Gasteiger partial charge in [-0.15, -0.1) is 0 Å². The number of nitrogens with one attached hydrogen (secondary N) is 2. The molecule has 166 valence electrons. The Bertz CT molecular complexity index is 903. The minimum Gasteiger partial charge on any atom is -0.467 e. The first-order chi connectivity index (χ1) is 15.3. The molecular formula is C24H33N5O2. The van der Waals surface area contributed by atoms with Crippen LogP contribution in [0, 0.1) is 6.92 Å². The number of nitrogens with zero attached hydrogens (tertiary/aromatic N) is 3. The maximum Gasteiger partial charge on any atom is 0.191 e. The molecular weight excluding hydrogens is 390 g/mol. The largest absolute Gasteiger partial charge is 0.467 e. The van der Waals surface area contributed by atoms with Crippen LogP contribution in [0.4, 0.5) is 0 Å². The molecule has 31 heavy (non-hydrogen) atoms. The van der Waals surface area contributed by atoms with Crippen molar-refractivity contribution in [1.29, 1.82) is 0 Å². The quantitative estimate of drug-likeness (QED) is 0.263. The Kier molecular flexibility index (Phi) is 9.19. The number of ether oxygens (including phenoxy) is 1. The maximum atomic E-state index is 5.61. The first-order valence-corrected chi connectivity index (χ1v) is 11.0. The van der Waals surface area contributed by atoms with Crippen molar-refractivity contribution >= 4 is 5.96 Å². The Morgan fingerprint density at radius 3 is 2.77 bits per heavy atom. The zero-order valence-electron chi connectivity index (χ0n) is 18.5. The van der Waals surface area contributed by atoms with Crippen LogP contribution in [0.15, 0.2) is 64.3 Å². The van der Waals surface area contributed by atoms with Gasteiger partial charge in [-0.25, -0.2) is 4.68 Å². The van der Waals surface area contributed by atoms with Crippen LogP contribution in [0.1, 0.15) is 36.8 Å². The van der Waals surface area contributed by atoms with Crippen LogP contribution >= 0.6 is 0 Å². The molecule has 0 aliphatic heterocycles. The average Bonchev–Trinajstić information content (AvgIpc) is 3.44. The van der Waals surface area contributed by atoms with E-state index >= 15 is 0 Å². The lowest BCUT2D eigenvalue weighted by Crippen LogP contribution is -2.38. The SMILES string of the molecule is CCNC(=NCCCc1cn(-c2ccccc2)nc1C)NCCCOCc1ccco1. The zero-order chi connectivity index (χ0) is 21.7. The smallest absolute Gasteiger partial charge is 0.191 e. The molecule has 3 rings (SSSR count). The lowest BCUT2D eigenvalue weighted by molar-refractivity contribution is 0.105. The molecule has 0 aliphatic carbocycles. The van der Waals surface area contributed by atoms with Crippen molar-refractivity contribution in [3.05, 3.63) is 71.9 Å². The molecule has 0 radical (unpaired) electrons. The van der Waals surface area contributed by atoms with Gasteiger partial charge in [0.25, 0.3) is 0 Å². The summed E-state index contributed by atoms with van der Waals surface area (Å²) in [6.45, 7) is 7.75. The summed E-state index contributed by atoms with van der Waals surface area (Å²) in [6.07, 6.45) is 6.63. The number of para-hydroxylation sites is 1. The van der Waals surface area contributed by atoms with Crippen molar-refractivity contribution in [2.24, 2.45) is 4.99 Å². The van der Waals surface area contributed by atoms with E-state index in [2.05, 4.69) is 47.9 Å². The standard InChI is InChI=1S/C24H33N5O2/c1-3-25-24(27-15-9-16-30-19-23-13-8-17-31-23)26-14-7-10-21-18-29(28-20(21)2)22-11-5-4-6-12-22/h4-6,8,11-13,17-18H,3,7,9-10,14-16,19H2,1-2H3,(H2,25,26,27). The van der Waals surface area contributed by atoms with Gasteiger partial charge in [0, 0.05) is 32.4 Å². The molecule has 0 spiro atoms. The Hall–Kier alpha value is -3.06. The third-order valence-corrected chi connectivity index (χ3v) is 4.82. The van der Waals surface area contributed by atoms with Crippen molar-refractivity contribution < 1.29 is 9.15 Å². The highest BCUT2D eigenvalue weighted by molar-refractivity contribution is 5.79. The molecule has 1 aromatic carbocycles. The fourth-order valence-corrected chi connectivity index (χ4v) is 3.20. The summed E-state index contributed by atoms with van der Waals surface area (Å²) in [7, 11) is 0. The molecule has 0 saturated heterocycles. The summed E-state index contributed by atoms with van der Waals surface area (Å²) < 4.78 is 12.8. The Morgan fingerprint density at radius 2 is 2.00 bits per heavy atom. The van der Waals surface area contributed by atoms with E-state index in [0.717, 1.165) is 62.0 Å². The number of hydrogen-bond acceptors (Lipinski definition) is 4. The second-order valence-electron chi connectivity index (χ2n) is 7.30. The highest BCUT2D eigenvalue weighted by atomic mass is 16.5. The van der Waals surface area contributed by atoms with Crippen molar-refractivity contribution in [2.75, 3.05) is 26.2 Å². The van der Waals surface area contributed by atoms with E-state index in [1.807, 2.05) is 35.0 Å². The van der Waals surface area contributed by atoms with Crippen LogP contribution in [-0.2, 0) is 17.8 Å². The second kappa shape index (κ2) is 12.6. The third-order valence-electron chi connectivity index (χ3n) is 4.82. The predicted octanol–water partition coefficient (Wildman–Crippen LogP) is 3.87. The highest BCUT2D eigenvalue weighted by Gasteiger charge is 2.06. The monoisotopic (exact) mass is 423 g/mol. The molecule has 0 aliphatic rings. The van der Waals surface area contributed by atoms with Crippen LogP contribution in [-0.4, -0.2) is 42.0 Å².